The van der Waals surface area contributed by atoms with E-state index >= 15 is 0 Å². The Morgan fingerprint density at radius 2 is 1.84 bits per heavy atom. The first-order chi connectivity index (χ1) is 12.2. The Bertz CT molecular complexity index is 833. The number of nitrogens with zero attached hydrogens (tertiary/aromatic N) is 2. The van der Waals surface area contributed by atoms with E-state index in [1.165, 1.54) is 0 Å². The Labute approximate surface area is 150 Å². The molecule has 130 valence electrons. The first-order valence-corrected chi connectivity index (χ1v) is 9.20. The third-order valence-corrected chi connectivity index (χ3v) is 4.76. The van der Waals surface area contributed by atoms with Gasteiger partial charge in [-0.2, -0.15) is 0 Å². The predicted octanol–water partition coefficient (Wildman–Crippen LogP) is 4.07. The van der Waals surface area contributed by atoms with Gasteiger partial charge in [0.05, 0.1) is 17.6 Å². The number of benzene rings is 2. The van der Waals surface area contributed by atoms with Crippen molar-refractivity contribution in [1.29, 1.82) is 0 Å². The molecule has 0 aliphatic rings. The lowest BCUT2D eigenvalue weighted by Crippen LogP contribution is -2.09. The van der Waals surface area contributed by atoms with Gasteiger partial charge in [-0.05, 0) is 37.1 Å². The number of ether oxygens (including phenoxy) is 1. The van der Waals surface area contributed by atoms with Crippen molar-refractivity contribution in [1.82, 2.24) is 9.55 Å². The van der Waals surface area contributed by atoms with Gasteiger partial charge in [-0.1, -0.05) is 42.1 Å². The van der Waals surface area contributed by atoms with Crippen LogP contribution in [-0.4, -0.2) is 33.0 Å². The van der Waals surface area contributed by atoms with Gasteiger partial charge in [0.1, 0.15) is 12.3 Å². The van der Waals surface area contributed by atoms with E-state index in [0.29, 0.717) is 6.61 Å². The predicted molar refractivity (Wildman–Crippen MR) is 99.3 cm³/mol. The van der Waals surface area contributed by atoms with Crippen LogP contribution in [0.25, 0.3) is 11.0 Å². The van der Waals surface area contributed by atoms with Crippen LogP contribution in [0.15, 0.2) is 59.8 Å². The summed E-state index contributed by atoms with van der Waals surface area (Å²) in [5.74, 6) is 0.904. The quantitative estimate of drug-likeness (QED) is 0.462. The molecular formula is C19H20N2O3S. The van der Waals surface area contributed by atoms with Crippen molar-refractivity contribution >= 4 is 28.8 Å². The fraction of sp³-hybridized carbons (Fsp3) is 0.263. The van der Waals surface area contributed by atoms with Gasteiger partial charge in [-0.15, -0.1) is 0 Å². The minimum absolute atomic E-state index is 0.0695. The summed E-state index contributed by atoms with van der Waals surface area (Å²) in [4.78, 5) is 15.7. The van der Waals surface area contributed by atoms with E-state index < -0.39 is 5.97 Å². The lowest BCUT2D eigenvalue weighted by Gasteiger charge is -2.07. The van der Waals surface area contributed by atoms with Crippen LogP contribution in [0.5, 0.6) is 5.75 Å². The number of thioether (sulfide) groups is 1. The molecule has 0 aliphatic heterocycles. The van der Waals surface area contributed by atoms with E-state index in [1.807, 2.05) is 54.6 Å². The summed E-state index contributed by atoms with van der Waals surface area (Å²) >= 11 is 1.59. The summed E-state index contributed by atoms with van der Waals surface area (Å²) < 4.78 is 7.44. The summed E-state index contributed by atoms with van der Waals surface area (Å²) in [6.45, 7) is 0.607. The molecule has 5 nitrogen and oxygen atoms in total. The first kappa shape index (κ1) is 17.4. The smallest absolute Gasteiger partial charge is 0.323 e. The van der Waals surface area contributed by atoms with Gasteiger partial charge in [-0.3, -0.25) is 4.79 Å². The number of hydrogen-bond donors (Lipinski definition) is 1. The monoisotopic (exact) mass is 356 g/mol. The van der Waals surface area contributed by atoms with E-state index in [4.69, 9.17) is 9.84 Å². The number of carboxylic acid groups (broad SMARTS) is 1. The molecule has 2 aromatic carbocycles. The highest BCUT2D eigenvalue weighted by Gasteiger charge is 2.13. The fourth-order valence-electron chi connectivity index (χ4n) is 2.53. The van der Waals surface area contributed by atoms with Gasteiger partial charge in [0, 0.05) is 5.75 Å². The van der Waals surface area contributed by atoms with Crippen LogP contribution in [0.4, 0.5) is 0 Å². The van der Waals surface area contributed by atoms with Crippen LogP contribution in [0.2, 0.25) is 0 Å². The molecule has 0 fully saturated rings. The zero-order valence-corrected chi connectivity index (χ0v) is 14.6. The number of carboxylic acids is 1. The number of unbranched alkanes of at least 4 members (excludes halogenated alkanes) is 1. The molecule has 0 amide bonds. The van der Waals surface area contributed by atoms with E-state index in [9.17, 15) is 4.79 Å². The molecule has 25 heavy (non-hydrogen) atoms. The van der Waals surface area contributed by atoms with Crippen molar-refractivity contribution in [2.45, 2.75) is 24.5 Å². The summed E-state index contributed by atoms with van der Waals surface area (Å²) in [5, 5.41) is 9.90. The zero-order chi connectivity index (χ0) is 17.5. The maximum atomic E-state index is 11.1. The van der Waals surface area contributed by atoms with Gasteiger partial charge in [0.25, 0.3) is 0 Å². The zero-order valence-electron chi connectivity index (χ0n) is 13.8. The van der Waals surface area contributed by atoms with Crippen molar-refractivity contribution in [3.63, 3.8) is 0 Å². The lowest BCUT2D eigenvalue weighted by atomic mass is 10.3. The normalized spacial score (nSPS) is 10.9. The number of rotatable bonds is 9. The molecule has 1 heterocycles. The van der Waals surface area contributed by atoms with Crippen molar-refractivity contribution in [3.05, 3.63) is 54.6 Å². The molecule has 0 radical (unpaired) electrons. The van der Waals surface area contributed by atoms with E-state index in [2.05, 4.69) is 4.98 Å². The van der Waals surface area contributed by atoms with Gasteiger partial charge < -0.3 is 14.4 Å². The lowest BCUT2D eigenvalue weighted by molar-refractivity contribution is -0.137. The molecule has 0 atom stereocenters. The van der Waals surface area contributed by atoms with Gasteiger partial charge in [0.2, 0.25) is 0 Å². The van der Waals surface area contributed by atoms with E-state index in [0.717, 1.165) is 40.5 Å². The van der Waals surface area contributed by atoms with Gasteiger partial charge in [-0.25, -0.2) is 4.98 Å². The molecule has 6 heteroatoms. The van der Waals surface area contributed by atoms with Crippen molar-refractivity contribution < 1.29 is 14.6 Å². The number of hydrogen-bond acceptors (Lipinski definition) is 4. The molecule has 1 aromatic heterocycles. The molecule has 0 spiro atoms. The molecule has 0 unspecified atom stereocenters. The second kappa shape index (κ2) is 8.58. The number of imidazole rings is 1. The van der Waals surface area contributed by atoms with Crippen LogP contribution in [0.1, 0.15) is 12.8 Å². The minimum atomic E-state index is -0.860. The summed E-state index contributed by atoms with van der Waals surface area (Å²) in [6.07, 6.45) is 1.93. The molecule has 0 saturated heterocycles. The first-order valence-electron chi connectivity index (χ1n) is 8.22. The Hall–Kier alpha value is -2.47. The summed E-state index contributed by atoms with van der Waals surface area (Å²) in [6, 6.07) is 17.4. The summed E-state index contributed by atoms with van der Waals surface area (Å²) in [5.41, 5.74) is 1.69. The number of carbonyl (C=O) groups is 1. The molecule has 3 rings (SSSR count). The largest absolute Gasteiger partial charge is 0.494 e. The third-order valence-electron chi connectivity index (χ3n) is 3.69. The Morgan fingerprint density at radius 3 is 2.64 bits per heavy atom. The fourth-order valence-corrected chi connectivity index (χ4v) is 3.54. The highest BCUT2D eigenvalue weighted by Crippen LogP contribution is 2.24. The standard InChI is InChI=1S/C19H20N2O3S/c22-18(23)14-21-17-11-5-4-10-16(17)20-19(21)25-13-7-6-12-24-15-8-2-1-3-9-15/h1-5,8-11H,6-7,12-14H2,(H,22,23). The van der Waals surface area contributed by atoms with E-state index in [1.54, 1.807) is 16.3 Å². The average molecular weight is 356 g/mol. The highest BCUT2D eigenvalue weighted by atomic mass is 32.2. The molecule has 1 N–H and O–H groups in total. The third kappa shape index (κ3) is 4.76. The van der Waals surface area contributed by atoms with Crippen LogP contribution in [0.3, 0.4) is 0 Å². The maximum Gasteiger partial charge on any atom is 0.323 e. The number of para-hydroxylation sites is 3. The van der Waals surface area contributed by atoms with Crippen LogP contribution in [0, 0.1) is 0 Å². The number of fused-ring (bicyclic) bond motifs is 1. The number of aliphatic carboxylic acids is 1. The Kier molecular flexibility index (Phi) is 5.95. The Balaban J connectivity index is 1.51. The maximum absolute atomic E-state index is 11.1. The molecule has 0 aliphatic carbocycles. The van der Waals surface area contributed by atoms with Crippen molar-refractivity contribution in [3.8, 4) is 5.75 Å². The van der Waals surface area contributed by atoms with E-state index in [-0.39, 0.29) is 6.54 Å². The second-order valence-electron chi connectivity index (χ2n) is 5.58. The van der Waals surface area contributed by atoms with Crippen LogP contribution < -0.4 is 4.74 Å². The topological polar surface area (TPSA) is 64.3 Å². The highest BCUT2D eigenvalue weighted by molar-refractivity contribution is 7.99. The summed E-state index contributed by atoms with van der Waals surface area (Å²) in [7, 11) is 0. The van der Waals surface area contributed by atoms with Crippen molar-refractivity contribution in [2.75, 3.05) is 12.4 Å². The number of aromatic nitrogens is 2. The van der Waals surface area contributed by atoms with Gasteiger partial charge >= 0.3 is 5.97 Å². The second-order valence-corrected chi connectivity index (χ2v) is 6.64. The molecule has 3 aromatic rings. The van der Waals surface area contributed by atoms with Crippen LogP contribution in [-0.2, 0) is 11.3 Å². The minimum Gasteiger partial charge on any atom is -0.494 e. The molecule has 0 bridgehead atoms. The van der Waals surface area contributed by atoms with Crippen molar-refractivity contribution in [2.24, 2.45) is 0 Å². The SMILES string of the molecule is O=C(O)Cn1c(SCCCCOc2ccccc2)nc2ccccc21. The molecular weight excluding hydrogens is 336 g/mol. The molecule has 0 saturated carbocycles. The average Bonchev–Trinajstić information content (AvgIpc) is 2.96. The van der Waals surface area contributed by atoms with Crippen LogP contribution >= 0.6 is 11.8 Å². The Morgan fingerprint density at radius 1 is 1.08 bits per heavy atom. The van der Waals surface area contributed by atoms with Gasteiger partial charge in [0.15, 0.2) is 5.16 Å².